The molecule has 0 amide bonds. The minimum Gasteiger partial charge on any atom is -0.454 e. The van der Waals surface area contributed by atoms with Gasteiger partial charge in [-0.1, -0.05) is 20.8 Å². The molecule has 1 N–H and O–H groups in total. The third-order valence-corrected chi connectivity index (χ3v) is 10.2. The van der Waals surface area contributed by atoms with E-state index >= 15 is 0 Å². The number of hydrogen-bond donors (Lipinski definition) is 1. The first kappa shape index (κ1) is 23.6. The molecule has 0 radical (unpaired) electrons. The molecule has 10 heteroatoms. The molecule has 2 rings (SSSR count). The van der Waals surface area contributed by atoms with Crippen molar-refractivity contribution in [3.8, 4) is 11.5 Å². The highest BCUT2D eigenvalue weighted by atomic mass is 28.3. The Morgan fingerprint density at radius 1 is 1.23 bits per heavy atom. The lowest BCUT2D eigenvalue weighted by Gasteiger charge is -2.29. The largest absolute Gasteiger partial charge is 0.454 e. The third-order valence-electron chi connectivity index (χ3n) is 5.45. The Kier molecular flexibility index (Phi) is 7.44. The highest BCUT2D eigenvalue weighted by molar-refractivity contribution is 6.87. The maximum Gasteiger partial charge on any atom is 0.330 e. The lowest BCUT2D eigenvalue weighted by Crippen LogP contribution is -2.45. The van der Waals surface area contributed by atoms with E-state index in [0.29, 0.717) is 0 Å². The average Bonchev–Trinajstić information content (AvgIpc) is 3.00. The molecule has 0 aliphatic carbocycles. The van der Waals surface area contributed by atoms with Gasteiger partial charge in [0.05, 0.1) is 0 Å². The predicted octanol–water partition coefficient (Wildman–Crippen LogP) is 1.70. The number of hydrogen-bond acceptors (Lipinski definition) is 7. The van der Waals surface area contributed by atoms with Crippen molar-refractivity contribution in [3.63, 3.8) is 0 Å². The Balaban J connectivity index is 2.58. The molecule has 0 aromatic carbocycles. The first-order valence-corrected chi connectivity index (χ1v) is 12.6. The second-order valence-electron chi connectivity index (χ2n) is 7.28. The molecule has 0 saturated carbocycles. The molecule has 1 fully saturated rings. The molecule has 0 spiro atoms. The van der Waals surface area contributed by atoms with E-state index in [4.69, 9.17) is 14.2 Å². The monoisotopic (exact) mass is 436 g/mol. The average molecular weight is 437 g/mol. The van der Waals surface area contributed by atoms with E-state index in [9.17, 15) is 19.2 Å². The number of carbonyl (C=O) groups excluding carboxylic acids is 2. The van der Waals surface area contributed by atoms with E-state index < -0.39 is 49.4 Å². The van der Waals surface area contributed by atoms with Crippen LogP contribution in [0.15, 0.2) is 21.9 Å². The van der Waals surface area contributed by atoms with Crippen LogP contribution in [0.25, 0.3) is 0 Å². The van der Waals surface area contributed by atoms with Crippen LogP contribution in [-0.2, 0) is 23.8 Å². The molecule has 1 aliphatic rings. The van der Waals surface area contributed by atoms with E-state index in [1.165, 1.54) is 26.1 Å². The lowest BCUT2D eigenvalue weighted by molar-refractivity contribution is -0.230. The normalized spacial score (nSPS) is 23.4. The molecule has 30 heavy (non-hydrogen) atoms. The first-order chi connectivity index (χ1) is 14.1. The van der Waals surface area contributed by atoms with Gasteiger partial charge < -0.3 is 14.2 Å². The molecule has 0 unspecified atom stereocenters. The van der Waals surface area contributed by atoms with Gasteiger partial charge in [-0.05, 0) is 24.1 Å². The molecule has 9 nitrogen and oxygen atoms in total. The van der Waals surface area contributed by atoms with Gasteiger partial charge in [0, 0.05) is 32.5 Å². The maximum absolute atomic E-state index is 12.2. The fourth-order valence-corrected chi connectivity index (χ4v) is 5.96. The summed E-state index contributed by atoms with van der Waals surface area (Å²) in [5.74, 6) is -0.105. The molecule has 0 bridgehead atoms. The Labute approximate surface area is 175 Å². The predicted molar refractivity (Wildman–Crippen MR) is 111 cm³/mol. The number of ether oxygens (including phenoxy) is 3. The Morgan fingerprint density at radius 2 is 1.87 bits per heavy atom. The molecule has 1 aromatic heterocycles. The van der Waals surface area contributed by atoms with E-state index in [-0.39, 0.29) is 6.42 Å². The van der Waals surface area contributed by atoms with Crippen LogP contribution < -0.4 is 11.2 Å². The Hall–Kier alpha value is -2.64. The van der Waals surface area contributed by atoms with Gasteiger partial charge in [0.2, 0.25) is 0 Å². The first-order valence-electron chi connectivity index (χ1n) is 10.0. The minimum absolute atomic E-state index is 0.0203. The van der Waals surface area contributed by atoms with Crippen molar-refractivity contribution < 1.29 is 23.8 Å². The summed E-state index contributed by atoms with van der Waals surface area (Å²) in [7, 11) is -1.96. The second kappa shape index (κ2) is 9.45. The number of nitrogens with zero attached hydrogens (tertiary/aromatic N) is 1. The topological polar surface area (TPSA) is 117 Å². The summed E-state index contributed by atoms with van der Waals surface area (Å²) in [6.07, 6.45) is -0.690. The number of H-pyrrole nitrogens is 1. The summed E-state index contributed by atoms with van der Waals surface area (Å²) in [5, 5.41) is 0. The zero-order valence-electron chi connectivity index (χ0n) is 17.9. The number of aromatic nitrogens is 2. The highest BCUT2D eigenvalue weighted by Crippen LogP contribution is 2.39. The van der Waals surface area contributed by atoms with E-state index in [1.807, 2.05) is 0 Å². The lowest BCUT2D eigenvalue weighted by atomic mass is 10.1. The van der Waals surface area contributed by atoms with Crippen LogP contribution in [0.1, 0.15) is 47.3 Å². The van der Waals surface area contributed by atoms with Crippen molar-refractivity contribution in [2.45, 2.75) is 77.3 Å². The molecule has 1 aliphatic heterocycles. The molecule has 164 valence electrons. The SMILES string of the molecule is CC[Si](C#C[C@]1(OC(C)=O)O[C@@H](n2ccc(=O)[nH]c2=O)C[C@@H]1OC(C)=O)(CC)CC. The van der Waals surface area contributed by atoms with Crippen molar-refractivity contribution in [2.24, 2.45) is 0 Å². The molecule has 3 atom stereocenters. The summed E-state index contributed by atoms with van der Waals surface area (Å²) in [4.78, 5) is 49.4. The van der Waals surface area contributed by atoms with Gasteiger partial charge in [0.15, 0.2) is 6.10 Å². The maximum atomic E-state index is 12.2. The fourth-order valence-electron chi connectivity index (χ4n) is 3.49. The summed E-state index contributed by atoms with van der Waals surface area (Å²) < 4.78 is 18.0. The number of esters is 2. The molecule has 2 heterocycles. The van der Waals surface area contributed by atoms with Crippen LogP contribution in [0.5, 0.6) is 0 Å². The summed E-state index contributed by atoms with van der Waals surface area (Å²) in [6.45, 7) is 8.67. The summed E-state index contributed by atoms with van der Waals surface area (Å²) >= 11 is 0. The second-order valence-corrected chi connectivity index (χ2v) is 12.2. The van der Waals surface area contributed by atoms with Gasteiger partial charge in [0.1, 0.15) is 14.3 Å². The number of aromatic amines is 1. The van der Waals surface area contributed by atoms with Crippen molar-refractivity contribution in [3.05, 3.63) is 33.1 Å². The van der Waals surface area contributed by atoms with Crippen LogP contribution >= 0.6 is 0 Å². The Morgan fingerprint density at radius 3 is 2.37 bits per heavy atom. The smallest absolute Gasteiger partial charge is 0.330 e. The van der Waals surface area contributed by atoms with E-state index in [1.54, 1.807) is 0 Å². The van der Waals surface area contributed by atoms with Crippen LogP contribution in [0, 0.1) is 11.5 Å². The van der Waals surface area contributed by atoms with Crippen LogP contribution in [-0.4, -0.2) is 41.5 Å². The van der Waals surface area contributed by atoms with E-state index in [2.05, 4.69) is 37.2 Å². The quantitative estimate of drug-likeness (QED) is 0.410. The molecular weight excluding hydrogens is 408 g/mol. The molecule has 1 aromatic rings. The number of nitrogens with one attached hydrogen (secondary N) is 1. The summed E-state index contributed by atoms with van der Waals surface area (Å²) in [5.41, 5.74) is 2.07. The van der Waals surface area contributed by atoms with Gasteiger partial charge in [0.25, 0.3) is 5.56 Å². The van der Waals surface area contributed by atoms with Gasteiger partial charge in [-0.3, -0.25) is 23.9 Å². The highest BCUT2D eigenvalue weighted by Gasteiger charge is 2.54. The summed E-state index contributed by atoms with van der Waals surface area (Å²) in [6, 6.07) is 3.89. The van der Waals surface area contributed by atoms with E-state index in [0.717, 1.165) is 22.7 Å². The van der Waals surface area contributed by atoms with Crippen molar-refractivity contribution in [2.75, 3.05) is 0 Å². The molecular formula is C20H28N2O7Si. The van der Waals surface area contributed by atoms with Crippen LogP contribution in [0.3, 0.4) is 0 Å². The fraction of sp³-hybridized carbons (Fsp3) is 0.600. The third kappa shape index (κ3) is 5.09. The van der Waals surface area contributed by atoms with Gasteiger partial charge in [-0.15, -0.1) is 5.54 Å². The van der Waals surface area contributed by atoms with Crippen molar-refractivity contribution >= 4 is 20.0 Å². The Bertz CT molecular complexity index is 961. The van der Waals surface area contributed by atoms with Crippen molar-refractivity contribution in [1.29, 1.82) is 0 Å². The van der Waals surface area contributed by atoms with Crippen LogP contribution in [0.2, 0.25) is 18.1 Å². The number of carbonyl (C=O) groups is 2. The van der Waals surface area contributed by atoms with Gasteiger partial charge in [-0.25, -0.2) is 4.79 Å². The zero-order chi connectivity index (χ0) is 22.5. The van der Waals surface area contributed by atoms with Gasteiger partial charge in [-0.2, -0.15) is 0 Å². The van der Waals surface area contributed by atoms with Crippen LogP contribution in [0.4, 0.5) is 0 Å². The molecule has 1 saturated heterocycles. The van der Waals surface area contributed by atoms with Gasteiger partial charge >= 0.3 is 23.4 Å². The standard InChI is InChI=1S/C20H28N2O7Si/c1-6-30(7-2,8-3)12-10-20(28-15(5)24)16(27-14(4)23)13-18(29-20)22-11-9-17(25)21-19(22)26/h9,11,16,18H,6-8,13H2,1-5H3,(H,21,25,26)/t16-,18+,20-/m0/s1. The number of rotatable bonds is 6. The minimum atomic E-state index is -1.96. The van der Waals surface area contributed by atoms with Crippen molar-refractivity contribution in [1.82, 2.24) is 9.55 Å². The zero-order valence-corrected chi connectivity index (χ0v) is 18.9.